The fourth-order valence-electron chi connectivity index (χ4n) is 2.56. The van der Waals surface area contributed by atoms with E-state index in [4.69, 9.17) is 11.6 Å². The summed E-state index contributed by atoms with van der Waals surface area (Å²) in [5, 5.41) is 6.17. The van der Waals surface area contributed by atoms with Crippen LogP contribution in [0.2, 0.25) is 5.02 Å². The zero-order valence-electron chi connectivity index (χ0n) is 12.6. The molecule has 1 saturated heterocycles. The van der Waals surface area contributed by atoms with E-state index in [2.05, 4.69) is 15.5 Å². The van der Waals surface area contributed by atoms with Gasteiger partial charge in [-0.25, -0.2) is 4.39 Å². The minimum absolute atomic E-state index is 0. The Labute approximate surface area is 141 Å². The number of nitrogens with one attached hydrogen (secondary N) is 2. The molecule has 4 nitrogen and oxygen atoms in total. The van der Waals surface area contributed by atoms with E-state index in [9.17, 15) is 9.18 Å². The van der Waals surface area contributed by atoms with E-state index in [-0.39, 0.29) is 24.0 Å². The molecular formula is C15H22Cl2FN3O. The first-order valence-corrected chi connectivity index (χ1v) is 7.61. The van der Waals surface area contributed by atoms with Gasteiger partial charge in [-0.3, -0.25) is 4.79 Å². The molecule has 0 radical (unpaired) electrons. The van der Waals surface area contributed by atoms with Crippen LogP contribution in [0.25, 0.3) is 0 Å². The second kappa shape index (κ2) is 9.30. The van der Waals surface area contributed by atoms with Crippen LogP contribution in [0.5, 0.6) is 0 Å². The summed E-state index contributed by atoms with van der Waals surface area (Å²) in [5.41, 5.74) is 0.177. The number of carbonyl (C=O) groups excluding carboxylic acids is 1. The minimum atomic E-state index is -0.510. The molecule has 1 atom stereocenters. The van der Waals surface area contributed by atoms with E-state index in [1.807, 2.05) is 7.05 Å². The number of likely N-dealkylation sites (tertiary alicyclic amines) is 1. The number of piperidine rings is 1. The summed E-state index contributed by atoms with van der Waals surface area (Å²) in [6, 6.07) is 4.73. The molecule has 124 valence electrons. The highest BCUT2D eigenvalue weighted by Crippen LogP contribution is 2.19. The molecule has 1 fully saturated rings. The van der Waals surface area contributed by atoms with Crippen molar-refractivity contribution in [1.82, 2.24) is 10.2 Å². The van der Waals surface area contributed by atoms with Crippen molar-refractivity contribution in [2.24, 2.45) is 0 Å². The maximum absolute atomic E-state index is 13.6. The number of likely N-dealkylation sites (N-methyl/N-ethyl adjacent to an activating group) is 1. The van der Waals surface area contributed by atoms with E-state index in [1.165, 1.54) is 18.6 Å². The molecular weight excluding hydrogens is 328 g/mol. The normalized spacial score (nSPS) is 18.6. The zero-order chi connectivity index (χ0) is 15.2. The van der Waals surface area contributed by atoms with Crippen LogP contribution in [0.3, 0.4) is 0 Å². The van der Waals surface area contributed by atoms with Gasteiger partial charge in [0, 0.05) is 30.6 Å². The quantitative estimate of drug-likeness (QED) is 0.858. The molecule has 1 heterocycles. The van der Waals surface area contributed by atoms with Crippen molar-refractivity contribution >= 4 is 35.6 Å². The maximum Gasteiger partial charge on any atom is 0.225 e. The highest BCUT2D eigenvalue weighted by atomic mass is 35.5. The van der Waals surface area contributed by atoms with Crippen molar-refractivity contribution in [3.05, 3.63) is 29.0 Å². The lowest BCUT2D eigenvalue weighted by atomic mass is 10.1. The Morgan fingerprint density at radius 2 is 2.27 bits per heavy atom. The summed E-state index contributed by atoms with van der Waals surface area (Å²) in [5.74, 6) is -0.688. The molecule has 1 unspecified atom stereocenters. The van der Waals surface area contributed by atoms with Gasteiger partial charge in [0.1, 0.15) is 5.82 Å². The Hall–Kier alpha value is -0.880. The number of benzene rings is 1. The number of carbonyl (C=O) groups is 1. The molecule has 1 aliphatic rings. The number of hydrogen-bond acceptors (Lipinski definition) is 3. The molecule has 22 heavy (non-hydrogen) atoms. The van der Waals surface area contributed by atoms with Gasteiger partial charge in [0.25, 0.3) is 0 Å². The second-order valence-corrected chi connectivity index (χ2v) is 5.79. The molecule has 7 heteroatoms. The Bertz CT molecular complexity index is 502. The first-order valence-electron chi connectivity index (χ1n) is 7.23. The topological polar surface area (TPSA) is 44.4 Å². The van der Waals surface area contributed by atoms with Gasteiger partial charge in [0.05, 0.1) is 5.69 Å². The van der Waals surface area contributed by atoms with E-state index < -0.39 is 5.82 Å². The number of nitrogens with zero attached hydrogens (tertiary/aromatic N) is 1. The van der Waals surface area contributed by atoms with E-state index in [0.717, 1.165) is 19.5 Å². The van der Waals surface area contributed by atoms with Crippen molar-refractivity contribution in [2.45, 2.75) is 25.3 Å². The zero-order valence-corrected chi connectivity index (χ0v) is 14.1. The first kappa shape index (κ1) is 19.2. The van der Waals surface area contributed by atoms with Crippen LogP contribution < -0.4 is 10.6 Å². The summed E-state index contributed by atoms with van der Waals surface area (Å²) < 4.78 is 13.6. The van der Waals surface area contributed by atoms with Gasteiger partial charge in [-0.05, 0) is 44.6 Å². The van der Waals surface area contributed by atoms with Crippen LogP contribution in [0.4, 0.5) is 10.1 Å². The smallest absolute Gasteiger partial charge is 0.225 e. The van der Waals surface area contributed by atoms with Gasteiger partial charge >= 0.3 is 0 Å². The van der Waals surface area contributed by atoms with Crippen molar-refractivity contribution in [1.29, 1.82) is 0 Å². The summed E-state index contributed by atoms with van der Waals surface area (Å²) in [4.78, 5) is 14.2. The number of anilines is 1. The molecule has 1 aromatic carbocycles. The fraction of sp³-hybridized carbons (Fsp3) is 0.533. The highest BCUT2D eigenvalue weighted by Gasteiger charge is 2.18. The van der Waals surface area contributed by atoms with Gasteiger partial charge in [-0.1, -0.05) is 11.6 Å². The number of hydrogen-bond donors (Lipinski definition) is 2. The molecule has 2 rings (SSSR count). The molecule has 1 aliphatic heterocycles. The molecule has 1 aromatic rings. The van der Waals surface area contributed by atoms with Crippen molar-refractivity contribution in [3.8, 4) is 0 Å². The van der Waals surface area contributed by atoms with Gasteiger partial charge < -0.3 is 15.5 Å². The first-order chi connectivity index (χ1) is 10.1. The third kappa shape index (κ3) is 5.72. The van der Waals surface area contributed by atoms with E-state index in [1.54, 1.807) is 6.07 Å². The second-order valence-electron chi connectivity index (χ2n) is 5.35. The number of halogens is 3. The lowest BCUT2D eigenvalue weighted by Crippen LogP contribution is -2.45. The average molecular weight is 350 g/mol. The monoisotopic (exact) mass is 349 g/mol. The number of rotatable bonds is 5. The Morgan fingerprint density at radius 3 is 2.95 bits per heavy atom. The summed E-state index contributed by atoms with van der Waals surface area (Å²) in [7, 11) is 1.96. The van der Waals surface area contributed by atoms with Gasteiger partial charge in [0.2, 0.25) is 5.91 Å². The Balaban J connectivity index is 0.00000242. The molecule has 1 amide bonds. The molecule has 2 N–H and O–H groups in total. The molecule has 0 aliphatic carbocycles. The van der Waals surface area contributed by atoms with Gasteiger partial charge in [-0.15, -0.1) is 12.4 Å². The standard InChI is InChI=1S/C15H21ClFN3O.ClH/c1-18-12-3-2-7-20(10-12)8-6-15(21)19-14-5-4-11(16)9-13(14)17;/h4-5,9,12,18H,2-3,6-8,10H2,1H3,(H,19,21);1H. The number of amides is 1. The van der Waals surface area contributed by atoms with Crippen molar-refractivity contribution < 1.29 is 9.18 Å². The molecule has 0 bridgehead atoms. The molecule has 0 spiro atoms. The van der Waals surface area contributed by atoms with Crippen LogP contribution in [0.1, 0.15) is 19.3 Å². The minimum Gasteiger partial charge on any atom is -0.324 e. The summed E-state index contributed by atoms with van der Waals surface area (Å²) in [6.45, 7) is 2.67. The third-order valence-corrected chi connectivity index (χ3v) is 4.01. The fourth-order valence-corrected chi connectivity index (χ4v) is 2.72. The Kier molecular flexibility index (Phi) is 8.10. The predicted molar refractivity (Wildman–Crippen MR) is 90.4 cm³/mol. The van der Waals surface area contributed by atoms with Crippen LogP contribution in [0, 0.1) is 5.82 Å². The summed E-state index contributed by atoms with van der Waals surface area (Å²) >= 11 is 5.68. The summed E-state index contributed by atoms with van der Waals surface area (Å²) in [6.07, 6.45) is 2.67. The molecule has 0 saturated carbocycles. The lowest BCUT2D eigenvalue weighted by molar-refractivity contribution is -0.116. The highest BCUT2D eigenvalue weighted by molar-refractivity contribution is 6.30. The average Bonchev–Trinajstić information content (AvgIpc) is 2.48. The molecule has 0 aromatic heterocycles. The van der Waals surface area contributed by atoms with Crippen LogP contribution >= 0.6 is 24.0 Å². The maximum atomic E-state index is 13.6. The lowest BCUT2D eigenvalue weighted by Gasteiger charge is -2.32. The van der Waals surface area contributed by atoms with E-state index in [0.29, 0.717) is 24.0 Å². The SMILES string of the molecule is CNC1CCCN(CCC(=O)Nc2ccc(Cl)cc2F)C1.Cl. The largest absolute Gasteiger partial charge is 0.324 e. The Morgan fingerprint density at radius 1 is 1.50 bits per heavy atom. The van der Waals surface area contributed by atoms with Crippen LogP contribution in [-0.2, 0) is 4.79 Å². The van der Waals surface area contributed by atoms with E-state index >= 15 is 0 Å². The van der Waals surface area contributed by atoms with Crippen LogP contribution in [0.15, 0.2) is 18.2 Å². The van der Waals surface area contributed by atoms with Crippen molar-refractivity contribution in [2.75, 3.05) is 32.0 Å². The third-order valence-electron chi connectivity index (χ3n) is 3.77. The van der Waals surface area contributed by atoms with Gasteiger partial charge in [-0.2, -0.15) is 0 Å². The van der Waals surface area contributed by atoms with Crippen LogP contribution in [-0.4, -0.2) is 43.5 Å². The van der Waals surface area contributed by atoms with Crippen molar-refractivity contribution in [3.63, 3.8) is 0 Å². The van der Waals surface area contributed by atoms with Gasteiger partial charge in [0.15, 0.2) is 0 Å². The predicted octanol–water partition coefficient (Wildman–Crippen LogP) is 2.91.